The second-order valence-electron chi connectivity index (χ2n) is 7.59. The van der Waals surface area contributed by atoms with E-state index in [1.165, 1.54) is 12.1 Å². The molecule has 0 unspecified atom stereocenters. The van der Waals surface area contributed by atoms with Crippen molar-refractivity contribution >= 4 is 11.9 Å². The van der Waals surface area contributed by atoms with E-state index in [0.29, 0.717) is 29.8 Å². The van der Waals surface area contributed by atoms with Gasteiger partial charge in [0.15, 0.2) is 0 Å². The molecule has 158 valence electrons. The minimum Gasteiger partial charge on any atom is -0.508 e. The molecule has 7 heteroatoms. The summed E-state index contributed by atoms with van der Waals surface area (Å²) in [6.45, 7) is 2.22. The molecule has 0 spiro atoms. The fraction of sp³-hybridized carbons (Fsp3) is 0.208. The molecule has 2 heterocycles. The normalized spacial score (nSPS) is 15.3. The van der Waals surface area contributed by atoms with Crippen LogP contribution in [-0.2, 0) is 17.8 Å². The number of esters is 1. The van der Waals surface area contributed by atoms with Gasteiger partial charge in [-0.3, -0.25) is 9.59 Å². The van der Waals surface area contributed by atoms with Crippen molar-refractivity contribution in [1.29, 1.82) is 0 Å². The Hall–Kier alpha value is -3.87. The molecule has 0 radical (unpaired) electrons. The Morgan fingerprint density at radius 3 is 2.42 bits per heavy atom. The summed E-state index contributed by atoms with van der Waals surface area (Å²) >= 11 is 0. The van der Waals surface area contributed by atoms with E-state index < -0.39 is 17.9 Å². The molecule has 7 nitrogen and oxygen atoms in total. The topological polar surface area (TPSA) is 106 Å². The number of phenolic OH excluding ortho intramolecular Hbond substituents is 1. The average Bonchev–Trinajstić information content (AvgIpc) is 2.74. The van der Waals surface area contributed by atoms with Crippen LogP contribution in [0.2, 0.25) is 0 Å². The number of phenols is 1. The number of hydrogen-bond donors (Lipinski definition) is 2. The van der Waals surface area contributed by atoms with Crippen LogP contribution in [0.1, 0.15) is 45.1 Å². The molecule has 0 fully saturated rings. The molecule has 0 amide bonds. The number of ether oxygens (including phenoxy) is 1. The molecule has 0 saturated carbocycles. The van der Waals surface area contributed by atoms with Crippen LogP contribution in [-0.4, -0.2) is 26.7 Å². The van der Waals surface area contributed by atoms with Gasteiger partial charge in [0, 0.05) is 24.2 Å². The second kappa shape index (κ2) is 8.10. The van der Waals surface area contributed by atoms with E-state index in [1.54, 1.807) is 41.8 Å². The quantitative estimate of drug-likeness (QED) is 0.615. The lowest BCUT2D eigenvalue weighted by atomic mass is 9.86. The number of benzene rings is 2. The first kappa shape index (κ1) is 20.4. The zero-order valence-electron chi connectivity index (χ0n) is 16.9. The van der Waals surface area contributed by atoms with Gasteiger partial charge in [0.2, 0.25) is 0 Å². The number of aromatic carboxylic acids is 1. The van der Waals surface area contributed by atoms with Crippen molar-refractivity contribution in [1.82, 2.24) is 4.57 Å². The van der Waals surface area contributed by atoms with Gasteiger partial charge in [-0.25, -0.2) is 4.79 Å². The Balaban J connectivity index is 1.72. The molecule has 2 aromatic carbocycles. The molecule has 2 N–H and O–H groups in total. The van der Waals surface area contributed by atoms with Crippen LogP contribution in [0.15, 0.2) is 59.4 Å². The summed E-state index contributed by atoms with van der Waals surface area (Å²) in [4.78, 5) is 36.7. The molecule has 0 aliphatic carbocycles. The number of fused-ring (bicyclic) bond motifs is 1. The SMILES string of the molecule is Cc1cc2c(c(=O)n1CCc1ccc(O)cc1)[C@H](c1ccc(C(=O)O)cc1)CC(=O)O2. The highest BCUT2D eigenvalue weighted by molar-refractivity contribution is 5.87. The number of pyridine rings is 1. The predicted octanol–water partition coefficient (Wildman–Crippen LogP) is 3.24. The van der Waals surface area contributed by atoms with Crippen LogP contribution in [0.4, 0.5) is 0 Å². The molecular weight excluding hydrogens is 398 g/mol. The zero-order valence-corrected chi connectivity index (χ0v) is 16.9. The van der Waals surface area contributed by atoms with Gasteiger partial charge in [0.1, 0.15) is 11.5 Å². The van der Waals surface area contributed by atoms with Gasteiger partial charge >= 0.3 is 11.9 Å². The summed E-state index contributed by atoms with van der Waals surface area (Å²) in [6.07, 6.45) is 0.604. The lowest BCUT2D eigenvalue weighted by Crippen LogP contribution is -2.33. The Morgan fingerprint density at radius 1 is 1.10 bits per heavy atom. The molecule has 0 bridgehead atoms. The molecule has 1 aliphatic rings. The fourth-order valence-corrected chi connectivity index (χ4v) is 3.92. The third-order valence-corrected chi connectivity index (χ3v) is 5.57. The number of aromatic nitrogens is 1. The van der Waals surface area contributed by atoms with Crippen LogP contribution in [0, 0.1) is 6.92 Å². The number of carbonyl (C=O) groups is 2. The summed E-state index contributed by atoms with van der Waals surface area (Å²) in [5.74, 6) is -1.54. The number of hydrogen-bond acceptors (Lipinski definition) is 5. The van der Waals surface area contributed by atoms with Crippen LogP contribution >= 0.6 is 0 Å². The number of carboxylic acids is 1. The minimum atomic E-state index is -1.04. The predicted molar refractivity (Wildman–Crippen MR) is 113 cm³/mol. The Morgan fingerprint density at radius 2 is 1.77 bits per heavy atom. The van der Waals surface area contributed by atoms with Gasteiger partial charge in [-0.2, -0.15) is 0 Å². The van der Waals surface area contributed by atoms with Crippen molar-refractivity contribution in [2.75, 3.05) is 0 Å². The maximum atomic E-state index is 13.4. The second-order valence-corrected chi connectivity index (χ2v) is 7.59. The van der Waals surface area contributed by atoms with Crippen LogP contribution in [0.3, 0.4) is 0 Å². The molecule has 1 atom stereocenters. The number of rotatable bonds is 5. The van der Waals surface area contributed by atoms with E-state index >= 15 is 0 Å². The highest BCUT2D eigenvalue weighted by Crippen LogP contribution is 2.37. The van der Waals surface area contributed by atoms with Gasteiger partial charge in [0.25, 0.3) is 5.56 Å². The lowest BCUT2D eigenvalue weighted by Gasteiger charge is -2.26. The third kappa shape index (κ3) is 4.07. The first-order valence-corrected chi connectivity index (χ1v) is 9.89. The largest absolute Gasteiger partial charge is 0.508 e. The summed E-state index contributed by atoms with van der Waals surface area (Å²) in [5, 5.41) is 18.6. The Kier molecular flexibility index (Phi) is 5.33. The van der Waals surface area contributed by atoms with E-state index in [-0.39, 0.29) is 29.0 Å². The van der Waals surface area contributed by atoms with Crippen molar-refractivity contribution in [3.05, 3.63) is 92.9 Å². The Bertz CT molecular complexity index is 1210. The van der Waals surface area contributed by atoms with Crippen LogP contribution in [0.25, 0.3) is 0 Å². The van der Waals surface area contributed by atoms with Gasteiger partial charge in [0.05, 0.1) is 17.5 Å². The smallest absolute Gasteiger partial charge is 0.335 e. The molecule has 1 aliphatic heterocycles. The average molecular weight is 419 g/mol. The molecule has 31 heavy (non-hydrogen) atoms. The van der Waals surface area contributed by atoms with Gasteiger partial charge in [-0.05, 0) is 48.7 Å². The number of aromatic hydroxyl groups is 1. The highest BCUT2D eigenvalue weighted by Gasteiger charge is 2.32. The molecule has 4 rings (SSSR count). The number of carboxylic acid groups (broad SMARTS) is 1. The van der Waals surface area contributed by atoms with Crippen molar-refractivity contribution < 1.29 is 24.5 Å². The van der Waals surface area contributed by atoms with Gasteiger partial charge < -0.3 is 19.5 Å². The molecule has 0 saturated heterocycles. The lowest BCUT2D eigenvalue weighted by molar-refractivity contribution is -0.135. The zero-order chi connectivity index (χ0) is 22.1. The molecule has 3 aromatic rings. The van der Waals surface area contributed by atoms with Crippen LogP contribution < -0.4 is 10.3 Å². The summed E-state index contributed by atoms with van der Waals surface area (Å²) in [7, 11) is 0. The standard InChI is InChI=1S/C24H21NO6/c1-14-12-20-22(23(28)25(14)11-10-15-2-8-18(26)9-3-15)19(13-21(27)31-20)16-4-6-17(7-5-16)24(29)30/h2-9,12,19,26H,10-11,13H2,1H3,(H,29,30)/t19-/m0/s1. The van der Waals surface area contributed by atoms with Crippen molar-refractivity contribution in [3.8, 4) is 11.5 Å². The highest BCUT2D eigenvalue weighted by atomic mass is 16.5. The van der Waals surface area contributed by atoms with Crippen LogP contribution in [0.5, 0.6) is 11.5 Å². The van der Waals surface area contributed by atoms with E-state index in [0.717, 1.165) is 5.56 Å². The van der Waals surface area contributed by atoms with Crippen molar-refractivity contribution in [2.24, 2.45) is 0 Å². The van der Waals surface area contributed by atoms with Gasteiger partial charge in [-0.1, -0.05) is 24.3 Å². The maximum absolute atomic E-state index is 13.4. The van der Waals surface area contributed by atoms with Crippen molar-refractivity contribution in [2.45, 2.75) is 32.2 Å². The third-order valence-electron chi connectivity index (χ3n) is 5.57. The van der Waals surface area contributed by atoms with Crippen molar-refractivity contribution in [3.63, 3.8) is 0 Å². The van der Waals surface area contributed by atoms with E-state index in [4.69, 9.17) is 9.84 Å². The van der Waals surface area contributed by atoms with E-state index in [1.807, 2.05) is 12.1 Å². The van der Waals surface area contributed by atoms with Gasteiger partial charge in [-0.15, -0.1) is 0 Å². The monoisotopic (exact) mass is 419 g/mol. The minimum absolute atomic E-state index is 0.00960. The maximum Gasteiger partial charge on any atom is 0.335 e. The number of aryl methyl sites for hydroxylation is 2. The van der Waals surface area contributed by atoms with E-state index in [2.05, 4.69) is 0 Å². The number of carbonyl (C=O) groups excluding carboxylic acids is 1. The Labute approximate surface area is 178 Å². The molecule has 1 aromatic heterocycles. The first-order valence-electron chi connectivity index (χ1n) is 9.89. The fourth-order valence-electron chi connectivity index (χ4n) is 3.92. The summed E-state index contributed by atoms with van der Waals surface area (Å²) < 4.78 is 7.02. The first-order chi connectivity index (χ1) is 14.8. The molecular formula is C24H21NO6. The van der Waals surface area contributed by atoms with E-state index in [9.17, 15) is 19.5 Å². The summed E-state index contributed by atoms with van der Waals surface area (Å²) in [6, 6.07) is 14.7. The number of nitrogens with zero attached hydrogens (tertiary/aromatic N) is 1. The summed E-state index contributed by atoms with van der Waals surface area (Å²) in [5.41, 5.74) is 2.66.